The van der Waals surface area contributed by atoms with Gasteiger partial charge in [-0.3, -0.25) is 0 Å². The van der Waals surface area contributed by atoms with Gasteiger partial charge >= 0.3 is 0 Å². The summed E-state index contributed by atoms with van der Waals surface area (Å²) in [6.07, 6.45) is 4.01. The smallest absolute Gasteiger partial charge is 0.242 e. The van der Waals surface area contributed by atoms with Crippen molar-refractivity contribution in [1.82, 2.24) is 9.71 Å². The van der Waals surface area contributed by atoms with Crippen molar-refractivity contribution in [3.63, 3.8) is 0 Å². The molecule has 0 aliphatic heterocycles. The Hall–Kier alpha value is -0.0100. The van der Waals surface area contributed by atoms with E-state index in [-0.39, 0.29) is 21.1 Å². The van der Waals surface area contributed by atoms with Crippen LogP contribution in [0.15, 0.2) is 17.2 Å². The van der Waals surface area contributed by atoms with E-state index in [2.05, 4.69) is 16.6 Å². The maximum atomic E-state index is 12.3. The molecule has 4 nitrogen and oxygen atoms in total. The van der Waals surface area contributed by atoms with E-state index in [0.29, 0.717) is 5.25 Å². The Bertz CT molecular complexity index is 581. The molecule has 2 unspecified atom stereocenters. The lowest BCUT2D eigenvalue weighted by atomic mass is 10.3. The molecule has 2 rings (SSSR count). The normalized spacial score (nSPS) is 23.1. The van der Waals surface area contributed by atoms with Crippen molar-refractivity contribution < 1.29 is 8.42 Å². The maximum absolute atomic E-state index is 12.3. The molecule has 0 spiro atoms. The molecule has 1 aliphatic carbocycles. The lowest BCUT2D eigenvalue weighted by molar-refractivity contribution is 0.552. The van der Waals surface area contributed by atoms with Crippen LogP contribution in [0.2, 0.25) is 10.2 Å². The first kappa shape index (κ1) is 16.4. The lowest BCUT2D eigenvalue weighted by Gasteiger charge is -2.13. The Labute approximate surface area is 133 Å². The summed E-state index contributed by atoms with van der Waals surface area (Å²) in [5.41, 5.74) is 0. The van der Waals surface area contributed by atoms with Gasteiger partial charge in [0.05, 0.1) is 5.02 Å². The van der Waals surface area contributed by atoms with Gasteiger partial charge < -0.3 is 0 Å². The monoisotopic (exact) mass is 354 g/mol. The summed E-state index contributed by atoms with van der Waals surface area (Å²) in [5, 5.41) is 0.783. The molecular weight excluding hydrogens is 339 g/mol. The summed E-state index contributed by atoms with van der Waals surface area (Å²) >= 11 is 13.4. The van der Waals surface area contributed by atoms with E-state index < -0.39 is 10.0 Å². The van der Waals surface area contributed by atoms with Gasteiger partial charge in [0.15, 0.2) is 0 Å². The molecule has 1 aliphatic rings. The molecule has 1 fully saturated rings. The SMILES string of the molecule is CCSC1CCC(NS(=O)(=O)c2cnc(Cl)c(Cl)c2)C1. The number of hydrogen-bond donors (Lipinski definition) is 1. The van der Waals surface area contributed by atoms with E-state index in [1.807, 2.05) is 11.8 Å². The predicted octanol–water partition coefficient (Wildman–Crippen LogP) is 3.34. The first-order valence-corrected chi connectivity index (χ1v) is 9.66. The molecule has 0 amide bonds. The summed E-state index contributed by atoms with van der Waals surface area (Å²) in [6.45, 7) is 2.11. The number of pyridine rings is 1. The molecule has 2 atom stereocenters. The number of thioether (sulfide) groups is 1. The first-order valence-electron chi connectivity index (χ1n) is 6.37. The summed E-state index contributed by atoms with van der Waals surface area (Å²) in [4.78, 5) is 3.83. The third kappa shape index (κ3) is 4.01. The van der Waals surface area contributed by atoms with Crippen LogP contribution in [-0.4, -0.2) is 30.4 Å². The zero-order chi connectivity index (χ0) is 14.8. The van der Waals surface area contributed by atoms with E-state index in [0.717, 1.165) is 25.0 Å². The Kier molecular flexibility index (Phi) is 5.59. The number of aromatic nitrogens is 1. The van der Waals surface area contributed by atoms with E-state index >= 15 is 0 Å². The second-order valence-corrected chi connectivity index (χ2v) is 8.71. The minimum Gasteiger partial charge on any atom is -0.242 e. The largest absolute Gasteiger partial charge is 0.242 e. The fourth-order valence-electron chi connectivity index (χ4n) is 2.27. The van der Waals surface area contributed by atoms with Gasteiger partial charge in [0.1, 0.15) is 10.0 Å². The molecule has 1 N–H and O–H groups in total. The molecule has 0 radical (unpaired) electrons. The van der Waals surface area contributed by atoms with E-state index in [9.17, 15) is 8.42 Å². The molecule has 112 valence electrons. The minimum atomic E-state index is -3.59. The highest BCUT2D eigenvalue weighted by atomic mass is 35.5. The van der Waals surface area contributed by atoms with Crippen molar-refractivity contribution in [2.24, 2.45) is 0 Å². The van der Waals surface area contributed by atoms with Gasteiger partial charge in [-0.25, -0.2) is 18.1 Å². The molecule has 0 bridgehead atoms. The topological polar surface area (TPSA) is 59.1 Å². The van der Waals surface area contributed by atoms with Crippen LogP contribution in [-0.2, 0) is 10.0 Å². The zero-order valence-electron chi connectivity index (χ0n) is 11.0. The van der Waals surface area contributed by atoms with Crippen molar-refractivity contribution in [2.75, 3.05) is 5.75 Å². The lowest BCUT2D eigenvalue weighted by Crippen LogP contribution is -2.33. The third-order valence-corrected chi connectivity index (χ3v) is 6.60. The summed E-state index contributed by atoms with van der Waals surface area (Å²) in [7, 11) is -3.59. The van der Waals surface area contributed by atoms with Crippen LogP contribution in [0.25, 0.3) is 0 Å². The van der Waals surface area contributed by atoms with Crippen LogP contribution < -0.4 is 4.72 Å². The third-order valence-electron chi connectivity index (χ3n) is 3.19. The highest BCUT2D eigenvalue weighted by molar-refractivity contribution is 7.99. The number of rotatable bonds is 5. The van der Waals surface area contributed by atoms with Gasteiger partial charge in [-0.2, -0.15) is 11.8 Å². The van der Waals surface area contributed by atoms with Crippen molar-refractivity contribution in [2.45, 2.75) is 42.4 Å². The molecule has 1 aromatic rings. The molecule has 1 aromatic heterocycles. The highest BCUT2D eigenvalue weighted by Crippen LogP contribution is 2.31. The van der Waals surface area contributed by atoms with Crippen molar-refractivity contribution in [1.29, 1.82) is 0 Å². The number of sulfonamides is 1. The molecule has 1 saturated carbocycles. The number of nitrogens with zero attached hydrogens (tertiary/aromatic N) is 1. The molecule has 8 heteroatoms. The molecule has 1 heterocycles. The fourth-order valence-corrected chi connectivity index (χ4v) is 5.00. The summed E-state index contributed by atoms with van der Waals surface area (Å²) < 4.78 is 27.2. The quantitative estimate of drug-likeness (QED) is 0.823. The molecule has 20 heavy (non-hydrogen) atoms. The average molecular weight is 355 g/mol. The number of halogens is 2. The second-order valence-electron chi connectivity index (χ2n) is 4.65. The van der Waals surface area contributed by atoms with Crippen LogP contribution in [0.5, 0.6) is 0 Å². The van der Waals surface area contributed by atoms with Crippen molar-refractivity contribution >= 4 is 45.0 Å². The van der Waals surface area contributed by atoms with Crippen LogP contribution in [0.3, 0.4) is 0 Å². The Morgan fingerprint density at radius 1 is 1.45 bits per heavy atom. The molecule has 0 saturated heterocycles. The van der Waals surface area contributed by atoms with E-state index in [1.165, 1.54) is 12.3 Å². The van der Waals surface area contributed by atoms with Crippen LogP contribution in [0.4, 0.5) is 0 Å². The second kappa shape index (κ2) is 6.83. The van der Waals surface area contributed by atoms with Gasteiger partial charge in [0.2, 0.25) is 10.0 Å². The van der Waals surface area contributed by atoms with E-state index in [1.54, 1.807) is 0 Å². The van der Waals surface area contributed by atoms with Crippen LogP contribution >= 0.6 is 35.0 Å². The summed E-state index contributed by atoms with van der Waals surface area (Å²) in [6, 6.07) is 1.31. The fraction of sp³-hybridized carbons (Fsp3) is 0.583. The standard InChI is InChI=1S/C12H16Cl2N2O2S2/c1-2-19-9-4-3-8(5-9)16-20(17,18)10-6-11(13)12(14)15-7-10/h6-9,16H,2-5H2,1H3. The van der Waals surface area contributed by atoms with E-state index in [4.69, 9.17) is 23.2 Å². The Morgan fingerprint density at radius 2 is 2.20 bits per heavy atom. The maximum Gasteiger partial charge on any atom is 0.242 e. The minimum absolute atomic E-state index is 0.0153. The van der Waals surface area contributed by atoms with Gasteiger partial charge in [-0.05, 0) is 31.1 Å². The Morgan fingerprint density at radius 3 is 2.85 bits per heavy atom. The highest BCUT2D eigenvalue weighted by Gasteiger charge is 2.29. The van der Waals surface area contributed by atoms with Crippen molar-refractivity contribution in [3.05, 3.63) is 22.4 Å². The van der Waals surface area contributed by atoms with Crippen molar-refractivity contribution in [3.8, 4) is 0 Å². The molecule has 0 aromatic carbocycles. The zero-order valence-corrected chi connectivity index (χ0v) is 14.1. The molecular formula is C12H16Cl2N2O2S2. The average Bonchev–Trinajstić information content (AvgIpc) is 2.79. The number of hydrogen-bond acceptors (Lipinski definition) is 4. The number of nitrogens with one attached hydrogen (secondary N) is 1. The first-order chi connectivity index (χ1) is 9.42. The Balaban J connectivity index is 2.06. The van der Waals surface area contributed by atoms with Gasteiger partial charge in [0, 0.05) is 17.5 Å². The van der Waals surface area contributed by atoms with Crippen LogP contribution in [0, 0.1) is 0 Å². The van der Waals surface area contributed by atoms with Crippen LogP contribution in [0.1, 0.15) is 26.2 Å². The van der Waals surface area contributed by atoms with Gasteiger partial charge in [-0.15, -0.1) is 0 Å². The summed E-state index contributed by atoms with van der Waals surface area (Å²) in [5.74, 6) is 1.06. The predicted molar refractivity (Wildman–Crippen MR) is 84.1 cm³/mol. The van der Waals surface area contributed by atoms with Gasteiger partial charge in [-0.1, -0.05) is 30.1 Å². The van der Waals surface area contributed by atoms with Gasteiger partial charge in [0.25, 0.3) is 0 Å².